The lowest BCUT2D eigenvalue weighted by molar-refractivity contribution is 0.149. The molecule has 0 bridgehead atoms. The fraction of sp³-hybridized carbons (Fsp3) is 0.545. The first-order chi connectivity index (χ1) is 7.86. The predicted molar refractivity (Wildman–Crippen MR) is 65.4 cm³/mol. The third-order valence-electron chi connectivity index (χ3n) is 1.96. The van der Waals surface area contributed by atoms with Gasteiger partial charge in [-0.2, -0.15) is 0 Å². The molecule has 0 unspecified atom stereocenters. The van der Waals surface area contributed by atoms with E-state index in [1.165, 1.54) is 0 Å². The molecular formula is C11H17ClN2O2. The Bertz CT molecular complexity index is 297. The van der Waals surface area contributed by atoms with Crippen LogP contribution in [0.2, 0.25) is 0 Å². The van der Waals surface area contributed by atoms with Crippen molar-refractivity contribution in [2.24, 2.45) is 0 Å². The molecular weight excluding hydrogens is 228 g/mol. The zero-order valence-electron chi connectivity index (χ0n) is 9.41. The number of halogens is 1. The molecule has 1 heterocycles. The quantitative estimate of drug-likeness (QED) is 0.562. The summed E-state index contributed by atoms with van der Waals surface area (Å²) >= 11 is 5.48. The molecule has 1 aromatic rings. The van der Waals surface area contributed by atoms with E-state index >= 15 is 0 Å². The van der Waals surface area contributed by atoms with E-state index in [1.807, 2.05) is 12.1 Å². The van der Waals surface area contributed by atoms with Gasteiger partial charge in [0.2, 0.25) is 5.88 Å². The second-order valence-corrected chi connectivity index (χ2v) is 3.55. The van der Waals surface area contributed by atoms with Crippen LogP contribution >= 0.6 is 11.6 Å². The van der Waals surface area contributed by atoms with Gasteiger partial charge in [0.05, 0.1) is 13.7 Å². The van der Waals surface area contributed by atoms with Crippen LogP contribution in [0.1, 0.15) is 6.42 Å². The van der Waals surface area contributed by atoms with E-state index in [0.717, 1.165) is 25.3 Å². The Kier molecular flexibility index (Phi) is 6.69. The molecule has 1 aromatic heterocycles. The minimum absolute atomic E-state index is 0.551. The van der Waals surface area contributed by atoms with Crippen LogP contribution in [0.25, 0.3) is 0 Å². The van der Waals surface area contributed by atoms with Crippen molar-refractivity contribution in [1.29, 1.82) is 0 Å². The van der Waals surface area contributed by atoms with Gasteiger partial charge in [0, 0.05) is 37.0 Å². The van der Waals surface area contributed by atoms with Crippen LogP contribution in [-0.2, 0) is 4.74 Å². The van der Waals surface area contributed by atoms with E-state index in [1.54, 1.807) is 13.3 Å². The van der Waals surface area contributed by atoms with Crippen LogP contribution < -0.4 is 10.1 Å². The molecule has 0 spiro atoms. The first-order valence-corrected chi connectivity index (χ1v) is 5.78. The molecule has 0 aliphatic rings. The van der Waals surface area contributed by atoms with Crippen molar-refractivity contribution in [1.82, 2.24) is 4.98 Å². The Balaban J connectivity index is 2.16. The smallest absolute Gasteiger partial charge is 0.214 e. The molecule has 90 valence electrons. The fourth-order valence-corrected chi connectivity index (χ4v) is 1.30. The molecule has 16 heavy (non-hydrogen) atoms. The number of aromatic nitrogens is 1. The normalized spacial score (nSPS) is 10.1. The molecule has 0 aliphatic carbocycles. The molecule has 0 atom stereocenters. The van der Waals surface area contributed by atoms with Gasteiger partial charge in [-0.25, -0.2) is 4.98 Å². The van der Waals surface area contributed by atoms with E-state index in [4.69, 9.17) is 21.1 Å². The van der Waals surface area contributed by atoms with E-state index in [-0.39, 0.29) is 0 Å². The SMILES string of the molecule is COc1cc(NCCCOCCCl)ccn1. The van der Waals surface area contributed by atoms with Gasteiger partial charge in [0.15, 0.2) is 0 Å². The Morgan fingerprint density at radius 3 is 3.06 bits per heavy atom. The maximum absolute atomic E-state index is 5.48. The van der Waals surface area contributed by atoms with Crippen molar-refractivity contribution >= 4 is 17.3 Å². The van der Waals surface area contributed by atoms with Crippen molar-refractivity contribution in [3.8, 4) is 5.88 Å². The van der Waals surface area contributed by atoms with Gasteiger partial charge >= 0.3 is 0 Å². The number of nitrogens with one attached hydrogen (secondary N) is 1. The topological polar surface area (TPSA) is 43.4 Å². The summed E-state index contributed by atoms with van der Waals surface area (Å²) in [6.45, 7) is 2.20. The Hall–Kier alpha value is -1.00. The second-order valence-electron chi connectivity index (χ2n) is 3.17. The lowest BCUT2D eigenvalue weighted by Gasteiger charge is -2.07. The summed E-state index contributed by atoms with van der Waals surface area (Å²) in [5, 5.41) is 3.26. The van der Waals surface area contributed by atoms with Gasteiger partial charge in [-0.15, -0.1) is 11.6 Å². The third kappa shape index (κ3) is 5.19. The summed E-state index contributed by atoms with van der Waals surface area (Å²) in [7, 11) is 1.60. The molecule has 5 heteroatoms. The number of pyridine rings is 1. The number of nitrogens with zero attached hydrogens (tertiary/aromatic N) is 1. The highest BCUT2D eigenvalue weighted by atomic mass is 35.5. The van der Waals surface area contributed by atoms with Crippen LogP contribution in [0.15, 0.2) is 18.3 Å². The molecule has 0 aromatic carbocycles. The summed E-state index contributed by atoms with van der Waals surface area (Å²) in [5.74, 6) is 1.16. The maximum Gasteiger partial charge on any atom is 0.214 e. The number of alkyl halides is 1. The average Bonchev–Trinajstić information content (AvgIpc) is 2.34. The molecule has 4 nitrogen and oxygen atoms in total. The number of anilines is 1. The molecule has 0 amide bonds. The van der Waals surface area contributed by atoms with Crippen LogP contribution in [0.3, 0.4) is 0 Å². The molecule has 0 fully saturated rings. The number of rotatable bonds is 8. The van der Waals surface area contributed by atoms with Crippen molar-refractivity contribution in [2.75, 3.05) is 38.1 Å². The summed E-state index contributed by atoms with van der Waals surface area (Å²) < 4.78 is 10.3. The van der Waals surface area contributed by atoms with E-state index in [0.29, 0.717) is 18.4 Å². The number of ether oxygens (including phenoxy) is 2. The molecule has 0 radical (unpaired) electrons. The summed E-state index contributed by atoms with van der Waals surface area (Å²) in [5.41, 5.74) is 1.00. The van der Waals surface area contributed by atoms with Gasteiger partial charge in [-0.05, 0) is 12.5 Å². The minimum Gasteiger partial charge on any atom is -0.481 e. The third-order valence-corrected chi connectivity index (χ3v) is 2.11. The van der Waals surface area contributed by atoms with Gasteiger partial charge < -0.3 is 14.8 Å². The van der Waals surface area contributed by atoms with Crippen molar-refractivity contribution < 1.29 is 9.47 Å². The van der Waals surface area contributed by atoms with Crippen molar-refractivity contribution in [3.63, 3.8) is 0 Å². The van der Waals surface area contributed by atoms with Crippen LogP contribution in [-0.4, -0.2) is 37.7 Å². The highest BCUT2D eigenvalue weighted by Gasteiger charge is 1.95. The van der Waals surface area contributed by atoms with E-state index < -0.39 is 0 Å². The highest BCUT2D eigenvalue weighted by Crippen LogP contribution is 2.12. The second kappa shape index (κ2) is 8.19. The number of hydrogen-bond acceptors (Lipinski definition) is 4. The summed E-state index contributed by atoms with van der Waals surface area (Å²) in [6.07, 6.45) is 2.66. The van der Waals surface area contributed by atoms with Crippen LogP contribution in [0, 0.1) is 0 Å². The average molecular weight is 245 g/mol. The lowest BCUT2D eigenvalue weighted by atomic mass is 10.3. The molecule has 0 saturated heterocycles. The van der Waals surface area contributed by atoms with E-state index in [2.05, 4.69) is 10.3 Å². The maximum atomic E-state index is 5.48. The first kappa shape index (κ1) is 13.1. The molecule has 0 aliphatic heterocycles. The standard InChI is InChI=1S/C11H17ClN2O2/c1-15-11-9-10(3-6-14-11)13-5-2-7-16-8-4-12/h3,6,9H,2,4-5,7-8H2,1H3,(H,13,14). The largest absolute Gasteiger partial charge is 0.481 e. The Labute approximate surface area is 101 Å². The van der Waals surface area contributed by atoms with Gasteiger partial charge in [-0.1, -0.05) is 0 Å². The Morgan fingerprint density at radius 1 is 1.44 bits per heavy atom. The first-order valence-electron chi connectivity index (χ1n) is 5.24. The fourth-order valence-electron chi connectivity index (χ4n) is 1.19. The van der Waals surface area contributed by atoms with Crippen molar-refractivity contribution in [3.05, 3.63) is 18.3 Å². The lowest BCUT2D eigenvalue weighted by Crippen LogP contribution is -2.06. The molecule has 1 rings (SSSR count). The zero-order valence-corrected chi connectivity index (χ0v) is 10.2. The predicted octanol–water partition coefficient (Wildman–Crippen LogP) is 2.15. The summed E-state index contributed by atoms with van der Waals surface area (Å²) in [6, 6.07) is 3.77. The van der Waals surface area contributed by atoms with Gasteiger partial charge in [0.25, 0.3) is 0 Å². The minimum atomic E-state index is 0.551. The van der Waals surface area contributed by atoms with Gasteiger partial charge in [-0.3, -0.25) is 0 Å². The molecule has 1 N–H and O–H groups in total. The number of hydrogen-bond donors (Lipinski definition) is 1. The zero-order chi connectivity index (χ0) is 11.6. The van der Waals surface area contributed by atoms with Crippen LogP contribution in [0.4, 0.5) is 5.69 Å². The summed E-state index contributed by atoms with van der Waals surface area (Å²) in [4.78, 5) is 4.03. The van der Waals surface area contributed by atoms with Gasteiger partial charge in [0.1, 0.15) is 0 Å². The Morgan fingerprint density at radius 2 is 2.31 bits per heavy atom. The van der Waals surface area contributed by atoms with Crippen LogP contribution in [0.5, 0.6) is 5.88 Å². The molecule has 0 saturated carbocycles. The number of methoxy groups -OCH3 is 1. The highest BCUT2D eigenvalue weighted by molar-refractivity contribution is 6.17. The van der Waals surface area contributed by atoms with Crippen molar-refractivity contribution in [2.45, 2.75) is 6.42 Å². The monoisotopic (exact) mass is 244 g/mol. The van der Waals surface area contributed by atoms with E-state index in [9.17, 15) is 0 Å².